The number of rotatable bonds is 2. The van der Waals surface area contributed by atoms with Crippen LogP contribution in [0.15, 0.2) is 18.2 Å². The quantitative estimate of drug-likeness (QED) is 0.862. The van der Waals surface area contributed by atoms with Gasteiger partial charge in [-0.2, -0.15) is 13.2 Å². The van der Waals surface area contributed by atoms with Crippen LogP contribution in [0.1, 0.15) is 5.56 Å². The first-order valence-corrected chi connectivity index (χ1v) is 6.90. The molecule has 0 aromatic heterocycles. The van der Waals surface area contributed by atoms with Crippen molar-refractivity contribution >= 4 is 47.4 Å². The Hall–Kier alpha value is -0.630. The molecular weight excluding hydrogens is 336 g/mol. The molecule has 1 unspecified atom stereocenters. The minimum absolute atomic E-state index is 0. The van der Waals surface area contributed by atoms with Gasteiger partial charge in [-0.15, -0.1) is 24.2 Å². The smallest absolute Gasteiger partial charge is 0.325 e. The number of hydrogen-bond acceptors (Lipinski definition) is 3. The van der Waals surface area contributed by atoms with Gasteiger partial charge in [0.2, 0.25) is 5.91 Å². The Kier molecular flexibility index (Phi) is 6.00. The van der Waals surface area contributed by atoms with Crippen molar-refractivity contribution in [2.24, 2.45) is 0 Å². The average Bonchev–Trinajstić information content (AvgIpc) is 2.83. The van der Waals surface area contributed by atoms with Crippen molar-refractivity contribution in [1.82, 2.24) is 5.32 Å². The highest BCUT2D eigenvalue weighted by Crippen LogP contribution is 2.36. The summed E-state index contributed by atoms with van der Waals surface area (Å²) in [5, 5.41) is 5.00. The number of halogens is 5. The second-order valence-corrected chi connectivity index (χ2v) is 5.39. The molecule has 1 amide bonds. The van der Waals surface area contributed by atoms with E-state index in [-0.39, 0.29) is 35.1 Å². The van der Waals surface area contributed by atoms with Crippen LogP contribution in [-0.4, -0.2) is 23.6 Å². The maximum Gasteiger partial charge on any atom is 0.417 e. The summed E-state index contributed by atoms with van der Waals surface area (Å²) in [6.07, 6.45) is -4.54. The lowest BCUT2D eigenvalue weighted by atomic mass is 10.2. The van der Waals surface area contributed by atoms with E-state index in [0.29, 0.717) is 11.6 Å². The lowest BCUT2D eigenvalue weighted by molar-refractivity contribution is -0.137. The van der Waals surface area contributed by atoms with Gasteiger partial charge in [-0.1, -0.05) is 11.6 Å². The molecule has 2 rings (SSSR count). The van der Waals surface area contributed by atoms with Gasteiger partial charge in [-0.05, 0) is 18.2 Å². The average molecular weight is 347 g/mol. The Morgan fingerprint density at radius 3 is 2.70 bits per heavy atom. The first-order valence-electron chi connectivity index (χ1n) is 5.36. The summed E-state index contributed by atoms with van der Waals surface area (Å²) in [6, 6.07) is 2.92. The topological polar surface area (TPSA) is 41.1 Å². The zero-order chi connectivity index (χ0) is 14.0. The summed E-state index contributed by atoms with van der Waals surface area (Å²) in [7, 11) is 0. The molecule has 3 nitrogen and oxygen atoms in total. The van der Waals surface area contributed by atoms with Crippen LogP contribution in [0, 0.1) is 0 Å². The fourth-order valence-electron chi connectivity index (χ4n) is 1.61. The fraction of sp³-hybridized carbons (Fsp3) is 0.364. The zero-order valence-electron chi connectivity index (χ0n) is 9.96. The zero-order valence-corrected chi connectivity index (χ0v) is 12.3. The van der Waals surface area contributed by atoms with Crippen LogP contribution in [0.5, 0.6) is 0 Å². The summed E-state index contributed by atoms with van der Waals surface area (Å²) < 4.78 is 38.0. The molecule has 0 aliphatic carbocycles. The van der Waals surface area contributed by atoms with Gasteiger partial charge in [0.25, 0.3) is 0 Å². The molecule has 0 radical (unpaired) electrons. The lowest BCUT2D eigenvalue weighted by Crippen LogP contribution is -2.37. The van der Waals surface area contributed by atoms with Crippen molar-refractivity contribution in [1.29, 1.82) is 0 Å². The van der Waals surface area contributed by atoms with Crippen molar-refractivity contribution < 1.29 is 18.0 Å². The Bertz CT molecular complexity index is 493. The second kappa shape index (κ2) is 6.89. The molecule has 9 heteroatoms. The normalized spacial score (nSPS) is 18.5. The highest BCUT2D eigenvalue weighted by molar-refractivity contribution is 7.99. The standard InChI is InChI=1S/C11H10ClF3N2OS.ClH/c12-8-2-1-6(3-7(8)11(13,14)15)17-10(18)9-4-19-5-16-9;/h1-3,9,16H,4-5H2,(H,17,18);1H. The van der Waals surface area contributed by atoms with Crippen LogP contribution in [0.2, 0.25) is 5.02 Å². The molecule has 1 aromatic rings. The van der Waals surface area contributed by atoms with Crippen LogP contribution in [0.25, 0.3) is 0 Å². The van der Waals surface area contributed by atoms with E-state index in [1.165, 1.54) is 6.07 Å². The number of thioether (sulfide) groups is 1. The van der Waals surface area contributed by atoms with E-state index in [1.807, 2.05) is 0 Å². The molecule has 1 fully saturated rings. The number of alkyl halides is 3. The molecule has 0 spiro atoms. The molecule has 2 N–H and O–H groups in total. The van der Waals surface area contributed by atoms with E-state index < -0.39 is 11.7 Å². The molecule has 112 valence electrons. The van der Waals surface area contributed by atoms with Crippen LogP contribution < -0.4 is 10.6 Å². The van der Waals surface area contributed by atoms with E-state index >= 15 is 0 Å². The third kappa shape index (κ3) is 4.18. The van der Waals surface area contributed by atoms with E-state index in [0.717, 1.165) is 12.1 Å². The monoisotopic (exact) mass is 346 g/mol. The molecule has 0 bridgehead atoms. The number of benzene rings is 1. The third-order valence-corrected chi connectivity index (χ3v) is 3.84. The Balaban J connectivity index is 0.00000200. The highest BCUT2D eigenvalue weighted by atomic mass is 35.5. The lowest BCUT2D eigenvalue weighted by Gasteiger charge is -2.13. The number of nitrogens with one attached hydrogen (secondary N) is 2. The maximum absolute atomic E-state index is 12.7. The molecule has 20 heavy (non-hydrogen) atoms. The Labute approximate surface area is 129 Å². The van der Waals surface area contributed by atoms with Crippen molar-refractivity contribution in [3.8, 4) is 0 Å². The molecule has 1 saturated heterocycles. The van der Waals surface area contributed by atoms with Gasteiger partial charge in [0.15, 0.2) is 0 Å². The SMILES string of the molecule is Cl.O=C(Nc1ccc(Cl)c(C(F)(F)F)c1)C1CSCN1. The van der Waals surface area contributed by atoms with E-state index in [9.17, 15) is 18.0 Å². The van der Waals surface area contributed by atoms with E-state index in [2.05, 4.69) is 10.6 Å². The number of carbonyl (C=O) groups excluding carboxylic acids is 1. The van der Waals surface area contributed by atoms with Gasteiger partial charge in [-0.25, -0.2) is 0 Å². The summed E-state index contributed by atoms with van der Waals surface area (Å²) in [4.78, 5) is 11.8. The van der Waals surface area contributed by atoms with Crippen molar-refractivity contribution in [3.63, 3.8) is 0 Å². The summed E-state index contributed by atoms with van der Waals surface area (Å²) in [5.41, 5.74) is -0.874. The van der Waals surface area contributed by atoms with E-state index in [1.54, 1.807) is 11.8 Å². The number of anilines is 1. The molecule has 1 aliphatic rings. The highest BCUT2D eigenvalue weighted by Gasteiger charge is 2.33. The van der Waals surface area contributed by atoms with Crippen molar-refractivity contribution in [2.45, 2.75) is 12.2 Å². The molecule has 1 atom stereocenters. The van der Waals surface area contributed by atoms with Crippen LogP contribution in [0.4, 0.5) is 18.9 Å². The van der Waals surface area contributed by atoms with Crippen LogP contribution >= 0.6 is 35.8 Å². The van der Waals surface area contributed by atoms with E-state index in [4.69, 9.17) is 11.6 Å². The van der Waals surface area contributed by atoms with Gasteiger partial charge >= 0.3 is 6.18 Å². The predicted octanol–water partition coefficient (Wildman–Crippen LogP) is 3.38. The first kappa shape index (κ1) is 17.4. The van der Waals surface area contributed by atoms with Gasteiger partial charge in [0.05, 0.1) is 16.6 Å². The van der Waals surface area contributed by atoms with Gasteiger partial charge < -0.3 is 5.32 Å². The largest absolute Gasteiger partial charge is 0.417 e. The van der Waals surface area contributed by atoms with Crippen LogP contribution in [-0.2, 0) is 11.0 Å². The van der Waals surface area contributed by atoms with Gasteiger partial charge in [0, 0.05) is 17.3 Å². The van der Waals surface area contributed by atoms with Crippen LogP contribution in [0.3, 0.4) is 0 Å². The number of hydrogen-bond donors (Lipinski definition) is 2. The Morgan fingerprint density at radius 2 is 2.15 bits per heavy atom. The molecule has 1 aromatic carbocycles. The molecule has 0 saturated carbocycles. The first-order chi connectivity index (χ1) is 8.88. The maximum atomic E-state index is 12.7. The van der Waals surface area contributed by atoms with Gasteiger partial charge in [0.1, 0.15) is 0 Å². The van der Waals surface area contributed by atoms with Crippen molar-refractivity contribution in [3.05, 3.63) is 28.8 Å². The summed E-state index contributed by atoms with van der Waals surface area (Å²) in [5.74, 6) is 0.915. The molecule has 1 aliphatic heterocycles. The minimum Gasteiger partial charge on any atom is -0.325 e. The Morgan fingerprint density at radius 1 is 1.45 bits per heavy atom. The predicted molar refractivity (Wildman–Crippen MR) is 76.6 cm³/mol. The molecular formula is C11H11Cl2F3N2OS. The third-order valence-electron chi connectivity index (χ3n) is 2.57. The second-order valence-electron chi connectivity index (χ2n) is 3.95. The van der Waals surface area contributed by atoms with Gasteiger partial charge in [-0.3, -0.25) is 10.1 Å². The fourth-order valence-corrected chi connectivity index (χ4v) is 2.78. The number of amides is 1. The molecule has 1 heterocycles. The van der Waals surface area contributed by atoms with Crippen molar-refractivity contribution in [2.75, 3.05) is 16.9 Å². The minimum atomic E-state index is -4.54. The summed E-state index contributed by atoms with van der Waals surface area (Å²) in [6.45, 7) is 0. The summed E-state index contributed by atoms with van der Waals surface area (Å²) >= 11 is 7.05. The number of carbonyl (C=O) groups is 1.